The maximum Gasteiger partial charge on any atom is 0.243 e. The van der Waals surface area contributed by atoms with E-state index in [0.717, 1.165) is 42.6 Å². The summed E-state index contributed by atoms with van der Waals surface area (Å²) in [6.07, 6.45) is 2.32. The van der Waals surface area contributed by atoms with Gasteiger partial charge in [-0.1, -0.05) is 17.7 Å². The van der Waals surface area contributed by atoms with Gasteiger partial charge in [-0.2, -0.15) is 4.31 Å². The zero-order valence-electron chi connectivity index (χ0n) is 16.0. The van der Waals surface area contributed by atoms with Gasteiger partial charge in [0.05, 0.1) is 11.4 Å². The lowest BCUT2D eigenvalue weighted by Gasteiger charge is -2.35. The summed E-state index contributed by atoms with van der Waals surface area (Å²) >= 11 is 0. The molecular weight excluding hydrogens is 350 g/mol. The minimum atomic E-state index is -3.53. The van der Waals surface area contributed by atoms with Gasteiger partial charge < -0.3 is 4.90 Å². The fourth-order valence-electron chi connectivity index (χ4n) is 4.11. The highest BCUT2D eigenvalue weighted by molar-refractivity contribution is 7.89. The standard InChI is InChI=1S/C19H29N3O3S/c1-15-12-16(2)19(17(3)13-15)26(24,25)22-10-8-21(9-11-22)18(23)14-20-6-4-5-7-20/h12-13H,4-11,14H2,1-3H3. The molecule has 6 nitrogen and oxygen atoms in total. The summed E-state index contributed by atoms with van der Waals surface area (Å²) in [5.74, 6) is 0.117. The van der Waals surface area contributed by atoms with Gasteiger partial charge in [-0.15, -0.1) is 0 Å². The maximum atomic E-state index is 13.1. The molecular formula is C19H29N3O3S. The Hall–Kier alpha value is -1.44. The van der Waals surface area contributed by atoms with Crippen LogP contribution in [-0.2, 0) is 14.8 Å². The van der Waals surface area contributed by atoms with E-state index < -0.39 is 10.0 Å². The molecule has 7 heteroatoms. The summed E-state index contributed by atoms with van der Waals surface area (Å²) in [6, 6.07) is 3.82. The first-order chi connectivity index (χ1) is 12.3. The molecule has 0 bridgehead atoms. The van der Waals surface area contributed by atoms with Crippen LogP contribution in [0.2, 0.25) is 0 Å². The van der Waals surface area contributed by atoms with E-state index in [9.17, 15) is 13.2 Å². The number of carbonyl (C=O) groups is 1. The van der Waals surface area contributed by atoms with Gasteiger partial charge in [0.15, 0.2) is 0 Å². The summed E-state index contributed by atoms with van der Waals surface area (Å²) in [4.78, 5) is 16.8. The second-order valence-corrected chi connectivity index (χ2v) is 9.37. The van der Waals surface area contributed by atoms with Crippen LogP contribution in [0.5, 0.6) is 0 Å². The molecule has 0 saturated carbocycles. The summed E-state index contributed by atoms with van der Waals surface area (Å²) in [7, 11) is -3.53. The highest BCUT2D eigenvalue weighted by Gasteiger charge is 2.32. The topological polar surface area (TPSA) is 60.9 Å². The number of sulfonamides is 1. The number of hydrogen-bond acceptors (Lipinski definition) is 4. The van der Waals surface area contributed by atoms with Gasteiger partial charge >= 0.3 is 0 Å². The fraction of sp³-hybridized carbons (Fsp3) is 0.632. The molecule has 1 aromatic rings. The number of hydrogen-bond donors (Lipinski definition) is 0. The third-order valence-corrected chi connectivity index (χ3v) is 7.56. The van der Waals surface area contributed by atoms with Crippen molar-refractivity contribution >= 4 is 15.9 Å². The van der Waals surface area contributed by atoms with E-state index in [2.05, 4.69) is 4.90 Å². The number of rotatable bonds is 4. The summed E-state index contributed by atoms with van der Waals surface area (Å²) < 4.78 is 27.7. The molecule has 2 fully saturated rings. The highest BCUT2D eigenvalue weighted by atomic mass is 32.2. The predicted octanol–water partition coefficient (Wildman–Crippen LogP) is 1.54. The van der Waals surface area contributed by atoms with Crippen LogP contribution in [-0.4, -0.2) is 74.2 Å². The van der Waals surface area contributed by atoms with Gasteiger partial charge in [0.25, 0.3) is 0 Å². The number of aryl methyl sites for hydroxylation is 3. The Labute approximate surface area is 156 Å². The Balaban J connectivity index is 1.66. The molecule has 2 aliphatic rings. The molecule has 0 spiro atoms. The Bertz CT molecular complexity index is 754. The largest absolute Gasteiger partial charge is 0.339 e. The lowest BCUT2D eigenvalue weighted by Crippen LogP contribution is -2.52. The Kier molecular flexibility index (Phi) is 5.69. The van der Waals surface area contributed by atoms with Crippen LogP contribution < -0.4 is 0 Å². The summed E-state index contributed by atoms with van der Waals surface area (Å²) in [5.41, 5.74) is 2.64. The maximum absolute atomic E-state index is 13.1. The second kappa shape index (κ2) is 7.66. The van der Waals surface area contributed by atoms with Crippen molar-refractivity contribution in [3.8, 4) is 0 Å². The van der Waals surface area contributed by atoms with Gasteiger partial charge in [0.2, 0.25) is 15.9 Å². The zero-order valence-corrected chi connectivity index (χ0v) is 16.8. The molecule has 0 N–H and O–H groups in total. The number of carbonyl (C=O) groups excluding carboxylic acids is 1. The quantitative estimate of drug-likeness (QED) is 0.796. The van der Waals surface area contributed by atoms with Crippen LogP contribution in [0.15, 0.2) is 17.0 Å². The molecule has 144 valence electrons. The number of likely N-dealkylation sites (tertiary alicyclic amines) is 1. The third kappa shape index (κ3) is 3.94. The number of nitrogens with zero attached hydrogens (tertiary/aromatic N) is 3. The van der Waals surface area contributed by atoms with Crippen molar-refractivity contribution in [1.82, 2.24) is 14.1 Å². The van der Waals surface area contributed by atoms with Crippen LogP contribution in [0.3, 0.4) is 0 Å². The summed E-state index contributed by atoms with van der Waals surface area (Å²) in [5, 5.41) is 0. The van der Waals surface area contributed by atoms with E-state index in [4.69, 9.17) is 0 Å². The molecule has 0 aromatic heterocycles. The van der Waals surface area contributed by atoms with Crippen LogP contribution in [0.4, 0.5) is 0 Å². The Morgan fingerprint density at radius 3 is 2.00 bits per heavy atom. The van der Waals surface area contributed by atoms with Gasteiger partial charge in [-0.05, 0) is 57.8 Å². The zero-order chi connectivity index (χ0) is 18.9. The average molecular weight is 380 g/mol. The van der Waals surface area contributed by atoms with E-state index in [1.54, 1.807) is 4.90 Å². The molecule has 0 unspecified atom stereocenters. The normalized spacial score (nSPS) is 19.9. The molecule has 2 aliphatic heterocycles. The number of benzene rings is 1. The molecule has 0 aliphatic carbocycles. The van der Waals surface area contributed by atoms with Crippen molar-refractivity contribution in [3.05, 3.63) is 28.8 Å². The van der Waals surface area contributed by atoms with Gasteiger partial charge in [0.1, 0.15) is 0 Å². The van der Waals surface area contributed by atoms with E-state index in [-0.39, 0.29) is 5.91 Å². The lowest BCUT2D eigenvalue weighted by atomic mass is 10.1. The minimum Gasteiger partial charge on any atom is -0.339 e. The molecule has 26 heavy (non-hydrogen) atoms. The van der Waals surface area contributed by atoms with E-state index in [1.807, 2.05) is 32.9 Å². The molecule has 1 amide bonds. The Morgan fingerprint density at radius 1 is 0.923 bits per heavy atom. The molecule has 0 atom stereocenters. The predicted molar refractivity (Wildman–Crippen MR) is 102 cm³/mol. The van der Waals surface area contributed by atoms with Crippen LogP contribution in [0.25, 0.3) is 0 Å². The Morgan fingerprint density at radius 2 is 1.46 bits per heavy atom. The van der Waals surface area contributed by atoms with E-state index in [1.165, 1.54) is 4.31 Å². The fourth-order valence-corrected chi connectivity index (χ4v) is 5.95. The van der Waals surface area contributed by atoms with Crippen molar-refractivity contribution in [3.63, 3.8) is 0 Å². The van der Waals surface area contributed by atoms with Crippen molar-refractivity contribution < 1.29 is 13.2 Å². The first kappa shape index (κ1) is 19.3. The number of amides is 1. The molecule has 3 rings (SSSR count). The van der Waals surface area contributed by atoms with Crippen LogP contribution in [0.1, 0.15) is 29.5 Å². The van der Waals surface area contributed by atoms with Crippen molar-refractivity contribution in [2.45, 2.75) is 38.5 Å². The SMILES string of the molecule is Cc1cc(C)c(S(=O)(=O)N2CCN(C(=O)CN3CCCC3)CC2)c(C)c1. The van der Waals surface area contributed by atoms with Gasteiger partial charge in [-0.25, -0.2) is 8.42 Å². The minimum absolute atomic E-state index is 0.117. The summed E-state index contributed by atoms with van der Waals surface area (Å²) in [6.45, 7) is 9.78. The third-order valence-electron chi connectivity index (χ3n) is 5.35. The lowest BCUT2D eigenvalue weighted by molar-refractivity contribution is -0.133. The first-order valence-corrected chi connectivity index (χ1v) is 10.8. The monoisotopic (exact) mass is 379 g/mol. The smallest absolute Gasteiger partial charge is 0.243 e. The van der Waals surface area contributed by atoms with Crippen LogP contribution in [0, 0.1) is 20.8 Å². The molecule has 1 aromatic carbocycles. The van der Waals surface area contributed by atoms with Gasteiger partial charge in [0, 0.05) is 26.2 Å². The second-order valence-electron chi connectivity index (χ2n) is 7.50. The van der Waals surface area contributed by atoms with Crippen molar-refractivity contribution in [2.75, 3.05) is 45.8 Å². The van der Waals surface area contributed by atoms with Gasteiger partial charge in [-0.3, -0.25) is 9.69 Å². The molecule has 2 saturated heterocycles. The number of piperazine rings is 1. The van der Waals surface area contributed by atoms with Crippen molar-refractivity contribution in [2.24, 2.45) is 0 Å². The van der Waals surface area contributed by atoms with E-state index >= 15 is 0 Å². The molecule has 0 radical (unpaired) electrons. The van der Waals surface area contributed by atoms with Crippen LogP contribution >= 0.6 is 0 Å². The highest BCUT2D eigenvalue weighted by Crippen LogP contribution is 2.26. The first-order valence-electron chi connectivity index (χ1n) is 9.37. The molecule has 2 heterocycles. The van der Waals surface area contributed by atoms with E-state index in [0.29, 0.717) is 37.6 Å². The average Bonchev–Trinajstić information content (AvgIpc) is 3.06. The van der Waals surface area contributed by atoms with Crippen molar-refractivity contribution in [1.29, 1.82) is 0 Å².